The number of ether oxygens (including phenoxy) is 2. The van der Waals surface area contributed by atoms with Crippen LogP contribution in [0.15, 0.2) is 0 Å². The number of hydrogen-bond donors (Lipinski definition) is 0. The molecule has 0 aromatic rings. The van der Waals surface area contributed by atoms with Crippen LogP contribution in [0.3, 0.4) is 0 Å². The molecular formula is C8H19O2Si. The minimum absolute atomic E-state index is 0.203. The molecule has 0 fully saturated rings. The van der Waals surface area contributed by atoms with Gasteiger partial charge in [0.2, 0.25) is 0 Å². The summed E-state index contributed by atoms with van der Waals surface area (Å²) < 4.78 is 11.0. The highest BCUT2D eigenvalue weighted by atomic mass is 28.1. The van der Waals surface area contributed by atoms with Gasteiger partial charge in [0, 0.05) is 19.1 Å². The monoisotopic (exact) mass is 175 g/mol. The Labute approximate surface area is 72.7 Å². The van der Waals surface area contributed by atoms with Crippen molar-refractivity contribution in [2.45, 2.75) is 26.2 Å². The predicted molar refractivity (Wildman–Crippen MR) is 50.4 cm³/mol. The highest BCUT2D eigenvalue weighted by Crippen LogP contribution is 2.18. The third kappa shape index (κ3) is 3.36. The lowest BCUT2D eigenvalue weighted by Gasteiger charge is -2.33. The molecule has 0 saturated carbocycles. The van der Waals surface area contributed by atoms with Crippen molar-refractivity contribution in [2.75, 3.05) is 13.2 Å². The van der Waals surface area contributed by atoms with E-state index in [0.717, 1.165) is 10.2 Å². The molecule has 2 nitrogen and oxygen atoms in total. The van der Waals surface area contributed by atoms with E-state index in [1.807, 2.05) is 20.8 Å². The summed E-state index contributed by atoms with van der Waals surface area (Å²) in [6, 6.07) is 0. The molecule has 0 saturated heterocycles. The maximum atomic E-state index is 5.51. The van der Waals surface area contributed by atoms with Crippen LogP contribution >= 0.6 is 0 Å². The minimum Gasteiger partial charge on any atom is -0.355 e. The summed E-state index contributed by atoms with van der Waals surface area (Å²) in [4.78, 5) is 0. The van der Waals surface area contributed by atoms with E-state index in [9.17, 15) is 0 Å². The van der Waals surface area contributed by atoms with E-state index in [-0.39, 0.29) is 11.3 Å². The third-order valence-corrected chi connectivity index (χ3v) is 3.32. The summed E-state index contributed by atoms with van der Waals surface area (Å²) in [7, 11) is 0.865. The molecule has 0 aliphatic heterocycles. The fourth-order valence-electron chi connectivity index (χ4n) is 0.899. The molecule has 1 radical (unpaired) electrons. The first-order valence-corrected chi connectivity index (χ1v) is 5.17. The second-order valence-electron chi connectivity index (χ2n) is 2.78. The molecule has 1 unspecified atom stereocenters. The Kier molecular flexibility index (Phi) is 4.96. The maximum absolute atomic E-state index is 5.51. The van der Waals surface area contributed by atoms with Crippen LogP contribution in [0, 0.1) is 12.8 Å². The van der Waals surface area contributed by atoms with Crippen LogP contribution in [0.4, 0.5) is 0 Å². The van der Waals surface area contributed by atoms with Gasteiger partial charge in [-0.1, -0.05) is 6.92 Å². The molecule has 0 spiro atoms. The van der Waals surface area contributed by atoms with Gasteiger partial charge in [-0.15, -0.1) is 0 Å². The van der Waals surface area contributed by atoms with Gasteiger partial charge in [-0.25, -0.2) is 0 Å². The Morgan fingerprint density at radius 2 is 1.73 bits per heavy atom. The van der Waals surface area contributed by atoms with Crippen molar-refractivity contribution in [3.05, 3.63) is 6.92 Å². The van der Waals surface area contributed by atoms with Crippen molar-refractivity contribution in [1.82, 2.24) is 0 Å². The Morgan fingerprint density at radius 1 is 1.36 bits per heavy atom. The van der Waals surface area contributed by atoms with Crippen LogP contribution < -0.4 is 0 Å². The van der Waals surface area contributed by atoms with Crippen LogP contribution in [0.5, 0.6) is 0 Å². The molecule has 0 aromatic carbocycles. The molecule has 0 aliphatic carbocycles. The normalized spacial score (nSPS) is 12.8. The molecule has 0 heterocycles. The highest BCUT2D eigenvalue weighted by Gasteiger charge is 2.28. The molecule has 0 amide bonds. The zero-order valence-corrected chi connectivity index (χ0v) is 10.0. The first kappa shape index (κ1) is 11.1. The summed E-state index contributed by atoms with van der Waals surface area (Å²) in [5.74, 6) is 0.203. The van der Waals surface area contributed by atoms with Crippen LogP contribution in [0.2, 0.25) is 0 Å². The van der Waals surface area contributed by atoms with E-state index in [2.05, 4.69) is 6.92 Å². The molecule has 0 rings (SSSR count). The van der Waals surface area contributed by atoms with Crippen LogP contribution in [-0.2, 0) is 9.47 Å². The molecule has 3 heteroatoms. The Balaban J connectivity index is 4.01. The largest absolute Gasteiger partial charge is 0.355 e. The van der Waals surface area contributed by atoms with E-state index in [1.165, 1.54) is 0 Å². The van der Waals surface area contributed by atoms with Crippen molar-refractivity contribution >= 4 is 10.2 Å². The Morgan fingerprint density at radius 3 is 1.91 bits per heavy atom. The zero-order chi connectivity index (χ0) is 8.91. The van der Waals surface area contributed by atoms with Crippen molar-refractivity contribution in [3.8, 4) is 0 Å². The second-order valence-corrected chi connectivity index (χ2v) is 4.18. The summed E-state index contributed by atoms with van der Waals surface area (Å²) >= 11 is 0. The van der Waals surface area contributed by atoms with E-state index < -0.39 is 0 Å². The van der Waals surface area contributed by atoms with Gasteiger partial charge >= 0.3 is 0 Å². The third-order valence-electron chi connectivity index (χ3n) is 1.76. The van der Waals surface area contributed by atoms with Gasteiger partial charge in [0.25, 0.3) is 0 Å². The predicted octanol–water partition coefficient (Wildman–Crippen LogP) is 0.549. The summed E-state index contributed by atoms with van der Waals surface area (Å²) in [6.45, 7) is 11.3. The summed E-state index contributed by atoms with van der Waals surface area (Å²) in [6.07, 6.45) is 0. The van der Waals surface area contributed by atoms with Crippen molar-refractivity contribution in [1.29, 1.82) is 0 Å². The molecule has 0 aromatic heterocycles. The van der Waals surface area contributed by atoms with Gasteiger partial charge in [0.15, 0.2) is 0 Å². The van der Waals surface area contributed by atoms with Gasteiger partial charge < -0.3 is 9.47 Å². The molecule has 67 valence electrons. The lowest BCUT2D eigenvalue weighted by molar-refractivity contribution is -0.192. The standard InChI is InChI=1S/C8H19O2Si/c1-5-9-8(11,7(3)4)10-6-2/h7H,3,5-6H2,1-2,4,11H3. The average molecular weight is 175 g/mol. The molecule has 1 atom stereocenters. The first-order chi connectivity index (χ1) is 5.06. The van der Waals surface area contributed by atoms with Gasteiger partial charge in [-0.3, -0.25) is 0 Å². The molecule has 0 N–H and O–H groups in total. The van der Waals surface area contributed by atoms with Gasteiger partial charge in [0.1, 0.15) is 5.41 Å². The van der Waals surface area contributed by atoms with Gasteiger partial charge in [-0.05, 0) is 20.8 Å². The topological polar surface area (TPSA) is 18.5 Å². The van der Waals surface area contributed by atoms with Crippen LogP contribution in [0.1, 0.15) is 20.8 Å². The fourth-order valence-corrected chi connectivity index (χ4v) is 1.48. The van der Waals surface area contributed by atoms with E-state index in [1.54, 1.807) is 0 Å². The Hall–Kier alpha value is 0.137. The van der Waals surface area contributed by atoms with Crippen molar-refractivity contribution < 1.29 is 9.47 Å². The van der Waals surface area contributed by atoms with Gasteiger partial charge in [-0.2, -0.15) is 0 Å². The SMILES string of the molecule is [CH2]C(C)C([SiH3])(OCC)OCC. The van der Waals surface area contributed by atoms with Crippen LogP contribution in [0.25, 0.3) is 0 Å². The quantitative estimate of drug-likeness (QED) is 0.449. The number of hydrogen-bond acceptors (Lipinski definition) is 2. The lowest BCUT2D eigenvalue weighted by atomic mass is 10.2. The second kappa shape index (κ2) is 4.90. The summed E-state index contributed by atoms with van der Waals surface area (Å²) in [5, 5.41) is 0. The lowest BCUT2D eigenvalue weighted by Crippen LogP contribution is -2.42. The van der Waals surface area contributed by atoms with Crippen LogP contribution in [-0.4, -0.2) is 28.9 Å². The average Bonchev–Trinajstić information content (AvgIpc) is 1.88. The Bertz CT molecular complexity index is 98.3. The number of rotatable bonds is 5. The van der Waals surface area contributed by atoms with Crippen molar-refractivity contribution in [2.24, 2.45) is 5.92 Å². The fraction of sp³-hybridized carbons (Fsp3) is 0.875. The van der Waals surface area contributed by atoms with Gasteiger partial charge in [0.05, 0.1) is 10.2 Å². The first-order valence-electron chi connectivity index (χ1n) is 4.17. The highest BCUT2D eigenvalue weighted by molar-refractivity contribution is 6.13. The van der Waals surface area contributed by atoms with E-state index in [0.29, 0.717) is 13.2 Å². The zero-order valence-electron chi connectivity index (χ0n) is 8.02. The maximum Gasteiger partial charge on any atom is 0.143 e. The smallest absolute Gasteiger partial charge is 0.143 e. The van der Waals surface area contributed by atoms with E-state index >= 15 is 0 Å². The molecule has 0 aliphatic rings. The molecule has 11 heavy (non-hydrogen) atoms. The van der Waals surface area contributed by atoms with E-state index in [4.69, 9.17) is 9.47 Å². The minimum atomic E-state index is -0.372. The molecular weight excluding hydrogens is 156 g/mol. The van der Waals surface area contributed by atoms with Crippen molar-refractivity contribution in [3.63, 3.8) is 0 Å². The molecule has 0 bridgehead atoms. The summed E-state index contributed by atoms with van der Waals surface area (Å²) in [5.41, 5.74) is -0.372.